The lowest BCUT2D eigenvalue weighted by atomic mass is 9.96. The van der Waals surface area contributed by atoms with E-state index < -0.39 is 0 Å². The predicted octanol–water partition coefficient (Wildman–Crippen LogP) is 1.96. The zero-order valence-corrected chi connectivity index (χ0v) is 13.7. The Kier molecular flexibility index (Phi) is 8.86. The number of carbonyl (C=O) groups is 1. The Morgan fingerprint density at radius 3 is 2.60 bits per heavy atom. The quantitative estimate of drug-likeness (QED) is 0.657. The summed E-state index contributed by atoms with van der Waals surface area (Å²) in [6, 6.07) is 0. The average Bonchev–Trinajstić information content (AvgIpc) is 2.46. The van der Waals surface area contributed by atoms with Crippen molar-refractivity contribution in [3.63, 3.8) is 0 Å². The van der Waals surface area contributed by atoms with Crippen LogP contribution in [0, 0.1) is 5.92 Å². The molecule has 1 amide bonds. The van der Waals surface area contributed by atoms with Crippen molar-refractivity contribution in [3.05, 3.63) is 0 Å². The van der Waals surface area contributed by atoms with Crippen LogP contribution in [0.25, 0.3) is 0 Å². The van der Waals surface area contributed by atoms with Gasteiger partial charge in [0.2, 0.25) is 5.91 Å². The Balaban J connectivity index is 2.17. The molecule has 1 fully saturated rings. The largest absolute Gasteiger partial charge is 0.343 e. The molecular formula is C16H33N3O. The number of amides is 1. The molecule has 0 unspecified atom stereocenters. The number of nitrogens with one attached hydrogen (secondary N) is 1. The number of piperidine rings is 1. The minimum atomic E-state index is 0.323. The molecule has 4 heteroatoms. The lowest BCUT2D eigenvalue weighted by molar-refractivity contribution is -0.132. The number of hydrogen-bond acceptors (Lipinski definition) is 3. The molecule has 0 radical (unpaired) electrons. The smallest absolute Gasteiger partial charge is 0.223 e. The third-order valence-electron chi connectivity index (χ3n) is 4.20. The van der Waals surface area contributed by atoms with Gasteiger partial charge in [0.15, 0.2) is 0 Å². The van der Waals surface area contributed by atoms with Crippen LogP contribution in [0.4, 0.5) is 0 Å². The van der Waals surface area contributed by atoms with Crippen LogP contribution in [-0.2, 0) is 4.79 Å². The van der Waals surface area contributed by atoms with Gasteiger partial charge in [0, 0.05) is 32.6 Å². The van der Waals surface area contributed by atoms with Crippen LogP contribution in [0.1, 0.15) is 46.0 Å². The summed E-state index contributed by atoms with van der Waals surface area (Å²) in [5, 5.41) is 3.22. The number of carbonyl (C=O) groups excluding carboxylic acids is 1. The fourth-order valence-corrected chi connectivity index (χ4v) is 2.86. The topological polar surface area (TPSA) is 35.6 Å². The summed E-state index contributed by atoms with van der Waals surface area (Å²) in [4.78, 5) is 16.5. The highest BCUT2D eigenvalue weighted by molar-refractivity contribution is 5.76. The van der Waals surface area contributed by atoms with Crippen LogP contribution in [0.5, 0.6) is 0 Å². The first-order chi connectivity index (χ1) is 9.67. The molecule has 0 spiro atoms. The second kappa shape index (κ2) is 10.2. The van der Waals surface area contributed by atoms with Gasteiger partial charge >= 0.3 is 0 Å². The minimum absolute atomic E-state index is 0.323. The molecule has 1 N–H and O–H groups in total. The maximum absolute atomic E-state index is 12.0. The zero-order valence-electron chi connectivity index (χ0n) is 13.7. The monoisotopic (exact) mass is 283 g/mol. The van der Waals surface area contributed by atoms with E-state index in [0.29, 0.717) is 12.3 Å². The van der Waals surface area contributed by atoms with Gasteiger partial charge in [-0.25, -0.2) is 0 Å². The van der Waals surface area contributed by atoms with Crippen LogP contribution in [0.3, 0.4) is 0 Å². The van der Waals surface area contributed by atoms with E-state index in [1.165, 1.54) is 38.8 Å². The van der Waals surface area contributed by atoms with E-state index in [9.17, 15) is 4.79 Å². The summed E-state index contributed by atoms with van der Waals surface area (Å²) in [7, 11) is 2.23. The third-order valence-corrected chi connectivity index (χ3v) is 4.20. The molecule has 0 aliphatic carbocycles. The molecule has 0 atom stereocenters. The first kappa shape index (κ1) is 17.4. The minimum Gasteiger partial charge on any atom is -0.343 e. The van der Waals surface area contributed by atoms with Gasteiger partial charge in [-0.05, 0) is 45.3 Å². The second-order valence-corrected chi connectivity index (χ2v) is 6.04. The van der Waals surface area contributed by atoms with Crippen molar-refractivity contribution in [2.24, 2.45) is 5.92 Å². The number of rotatable bonds is 9. The van der Waals surface area contributed by atoms with E-state index >= 15 is 0 Å². The Morgan fingerprint density at radius 1 is 1.30 bits per heavy atom. The predicted molar refractivity (Wildman–Crippen MR) is 84.9 cm³/mol. The van der Waals surface area contributed by atoms with Crippen molar-refractivity contribution in [3.8, 4) is 0 Å². The van der Waals surface area contributed by atoms with Crippen LogP contribution < -0.4 is 5.32 Å². The van der Waals surface area contributed by atoms with Crippen molar-refractivity contribution < 1.29 is 4.79 Å². The van der Waals surface area contributed by atoms with Crippen LogP contribution >= 0.6 is 0 Å². The van der Waals surface area contributed by atoms with Gasteiger partial charge in [-0.2, -0.15) is 0 Å². The highest BCUT2D eigenvalue weighted by Gasteiger charge is 2.22. The molecule has 0 aromatic heterocycles. The summed E-state index contributed by atoms with van der Waals surface area (Å²) in [5.41, 5.74) is 0. The van der Waals surface area contributed by atoms with Crippen molar-refractivity contribution >= 4 is 5.91 Å². The normalized spacial score (nSPS) is 16.9. The molecule has 0 bridgehead atoms. The fraction of sp³-hybridized carbons (Fsp3) is 0.938. The molecule has 118 valence electrons. The van der Waals surface area contributed by atoms with Crippen LogP contribution in [0.15, 0.2) is 0 Å². The molecule has 0 aromatic carbocycles. The Labute approximate surface area is 124 Å². The van der Waals surface area contributed by atoms with E-state index in [-0.39, 0.29) is 0 Å². The SMILES string of the molecule is CCCCN(C)CC1CCN(C(=O)CCNCC)CC1. The van der Waals surface area contributed by atoms with Gasteiger partial charge in [-0.3, -0.25) is 4.79 Å². The summed E-state index contributed by atoms with van der Waals surface area (Å²) in [6.45, 7) is 10.4. The highest BCUT2D eigenvalue weighted by atomic mass is 16.2. The number of nitrogens with zero attached hydrogens (tertiary/aromatic N) is 2. The maximum atomic E-state index is 12.0. The summed E-state index contributed by atoms with van der Waals surface area (Å²) >= 11 is 0. The molecule has 1 aliphatic heterocycles. The van der Waals surface area contributed by atoms with Crippen LogP contribution in [-0.4, -0.2) is 62.0 Å². The van der Waals surface area contributed by atoms with Crippen LogP contribution in [0.2, 0.25) is 0 Å². The van der Waals surface area contributed by atoms with Gasteiger partial charge in [0.05, 0.1) is 0 Å². The van der Waals surface area contributed by atoms with E-state index in [4.69, 9.17) is 0 Å². The molecule has 0 aromatic rings. The average molecular weight is 283 g/mol. The van der Waals surface area contributed by atoms with E-state index in [1.807, 2.05) is 0 Å². The summed E-state index contributed by atoms with van der Waals surface area (Å²) in [5.74, 6) is 1.10. The first-order valence-corrected chi connectivity index (χ1v) is 8.34. The zero-order chi connectivity index (χ0) is 14.8. The molecule has 1 aliphatic rings. The lowest BCUT2D eigenvalue weighted by Crippen LogP contribution is -2.41. The Hall–Kier alpha value is -0.610. The summed E-state index contributed by atoms with van der Waals surface area (Å²) < 4.78 is 0. The van der Waals surface area contributed by atoms with Crippen molar-refractivity contribution in [1.29, 1.82) is 0 Å². The second-order valence-electron chi connectivity index (χ2n) is 6.04. The van der Waals surface area contributed by atoms with Gasteiger partial charge in [-0.15, -0.1) is 0 Å². The number of hydrogen-bond donors (Lipinski definition) is 1. The molecule has 0 saturated carbocycles. The molecule has 4 nitrogen and oxygen atoms in total. The Bertz CT molecular complexity index is 262. The summed E-state index contributed by atoms with van der Waals surface area (Å²) in [6.07, 6.45) is 5.54. The first-order valence-electron chi connectivity index (χ1n) is 8.34. The van der Waals surface area contributed by atoms with E-state index in [1.54, 1.807) is 0 Å². The van der Waals surface area contributed by atoms with Crippen molar-refractivity contribution in [2.75, 3.05) is 46.3 Å². The number of unbranched alkanes of at least 4 members (excludes halogenated alkanes) is 1. The van der Waals surface area contributed by atoms with Gasteiger partial charge in [0.1, 0.15) is 0 Å². The van der Waals surface area contributed by atoms with E-state index in [0.717, 1.165) is 32.1 Å². The molecule has 1 rings (SSSR count). The third kappa shape index (κ3) is 6.71. The van der Waals surface area contributed by atoms with Gasteiger partial charge in [-0.1, -0.05) is 20.3 Å². The maximum Gasteiger partial charge on any atom is 0.223 e. The fourth-order valence-electron chi connectivity index (χ4n) is 2.86. The molecule has 1 heterocycles. The lowest BCUT2D eigenvalue weighted by Gasteiger charge is -2.34. The van der Waals surface area contributed by atoms with Crippen molar-refractivity contribution in [2.45, 2.75) is 46.0 Å². The van der Waals surface area contributed by atoms with E-state index in [2.05, 4.69) is 36.0 Å². The standard InChI is InChI=1S/C16H33N3O/c1-4-6-11-18(3)14-15-8-12-19(13-9-15)16(20)7-10-17-5-2/h15,17H,4-14H2,1-3H3. The number of likely N-dealkylation sites (tertiary alicyclic amines) is 1. The van der Waals surface area contributed by atoms with Crippen molar-refractivity contribution in [1.82, 2.24) is 15.1 Å². The molecule has 1 saturated heterocycles. The molecule has 20 heavy (non-hydrogen) atoms. The van der Waals surface area contributed by atoms with Gasteiger partial charge < -0.3 is 15.1 Å². The molecular weight excluding hydrogens is 250 g/mol. The van der Waals surface area contributed by atoms with Gasteiger partial charge in [0.25, 0.3) is 0 Å². The highest BCUT2D eigenvalue weighted by Crippen LogP contribution is 2.18. The Morgan fingerprint density at radius 2 is 2.00 bits per heavy atom.